The van der Waals surface area contributed by atoms with Crippen LogP contribution in [0.3, 0.4) is 0 Å². The van der Waals surface area contributed by atoms with Crippen LogP contribution in [-0.2, 0) is 17.1 Å². The van der Waals surface area contributed by atoms with E-state index in [1.54, 1.807) is 24.1 Å². The predicted octanol–water partition coefficient (Wildman–Crippen LogP) is 2.07. The molecular weight excluding hydrogens is 357 g/mol. The van der Waals surface area contributed by atoms with Crippen LogP contribution < -0.4 is 0 Å². The summed E-state index contributed by atoms with van der Waals surface area (Å²) in [7, 11) is -1.87. The molecule has 26 heavy (non-hydrogen) atoms. The Morgan fingerprint density at radius 2 is 1.88 bits per heavy atom. The molecule has 1 aromatic carbocycles. The lowest BCUT2D eigenvalue weighted by atomic mass is 9.96. The Morgan fingerprint density at radius 3 is 2.65 bits per heavy atom. The Morgan fingerprint density at radius 1 is 1.15 bits per heavy atom. The Labute approximate surface area is 150 Å². The van der Waals surface area contributed by atoms with Gasteiger partial charge in [-0.15, -0.1) is 0 Å². The van der Waals surface area contributed by atoms with E-state index in [4.69, 9.17) is 0 Å². The number of hydrogen-bond acceptors (Lipinski definition) is 5. The van der Waals surface area contributed by atoms with Gasteiger partial charge in [-0.05, 0) is 37.1 Å². The highest BCUT2D eigenvalue weighted by atomic mass is 32.2. The fourth-order valence-electron chi connectivity index (χ4n) is 3.42. The van der Waals surface area contributed by atoms with E-state index in [-0.39, 0.29) is 10.8 Å². The molecule has 4 rings (SSSR count). The van der Waals surface area contributed by atoms with E-state index in [1.807, 2.05) is 0 Å². The molecule has 0 amide bonds. The number of benzene rings is 1. The van der Waals surface area contributed by atoms with Gasteiger partial charge in [-0.3, -0.25) is 0 Å². The number of sulfonamides is 1. The van der Waals surface area contributed by atoms with Crippen LogP contribution in [0.2, 0.25) is 0 Å². The van der Waals surface area contributed by atoms with Crippen LogP contribution in [0, 0.1) is 5.82 Å². The molecule has 3 heterocycles. The van der Waals surface area contributed by atoms with Crippen LogP contribution in [0.15, 0.2) is 41.6 Å². The van der Waals surface area contributed by atoms with Crippen LogP contribution in [0.5, 0.6) is 0 Å². The molecule has 136 valence electrons. The highest BCUT2D eigenvalue weighted by Gasteiger charge is 2.33. The summed E-state index contributed by atoms with van der Waals surface area (Å²) >= 11 is 0. The summed E-state index contributed by atoms with van der Waals surface area (Å²) in [6.45, 7) is 0.759. The van der Waals surface area contributed by atoms with Crippen molar-refractivity contribution in [2.75, 3.05) is 13.1 Å². The zero-order valence-corrected chi connectivity index (χ0v) is 15.0. The van der Waals surface area contributed by atoms with Crippen LogP contribution in [0.1, 0.15) is 24.5 Å². The number of hydrogen-bond donors (Lipinski definition) is 0. The van der Waals surface area contributed by atoms with Gasteiger partial charge in [0, 0.05) is 38.4 Å². The van der Waals surface area contributed by atoms with Gasteiger partial charge in [0.25, 0.3) is 0 Å². The lowest BCUT2D eigenvalue weighted by Gasteiger charge is -2.31. The smallest absolute Gasteiger partial charge is 0.243 e. The zero-order valence-electron chi connectivity index (χ0n) is 14.2. The molecule has 1 aliphatic heterocycles. The molecule has 3 aromatic rings. The Balaban J connectivity index is 1.66. The van der Waals surface area contributed by atoms with E-state index in [0.29, 0.717) is 24.3 Å². The normalized spacial score (nSPS) is 19.1. The molecule has 2 aromatic heterocycles. The van der Waals surface area contributed by atoms with Gasteiger partial charge in [-0.2, -0.15) is 9.40 Å². The molecule has 0 saturated carbocycles. The number of nitrogens with zero attached hydrogens (tertiary/aromatic N) is 5. The first-order valence-corrected chi connectivity index (χ1v) is 9.80. The third-order valence-electron chi connectivity index (χ3n) is 4.71. The zero-order chi connectivity index (χ0) is 18.3. The molecule has 7 nitrogen and oxygen atoms in total. The molecule has 1 fully saturated rings. The van der Waals surface area contributed by atoms with Crippen molar-refractivity contribution in [2.45, 2.75) is 23.7 Å². The number of halogens is 1. The van der Waals surface area contributed by atoms with Crippen molar-refractivity contribution in [1.29, 1.82) is 0 Å². The minimum Gasteiger partial charge on any atom is -0.249 e. The van der Waals surface area contributed by atoms with Crippen LogP contribution >= 0.6 is 0 Å². The van der Waals surface area contributed by atoms with E-state index >= 15 is 0 Å². The fraction of sp³-hybridized carbons (Fsp3) is 0.353. The average Bonchev–Trinajstić information content (AvgIpc) is 2.99. The van der Waals surface area contributed by atoms with Gasteiger partial charge in [-0.1, -0.05) is 0 Å². The summed E-state index contributed by atoms with van der Waals surface area (Å²) < 4.78 is 42.0. The monoisotopic (exact) mass is 375 g/mol. The van der Waals surface area contributed by atoms with E-state index in [2.05, 4.69) is 15.1 Å². The van der Waals surface area contributed by atoms with Gasteiger partial charge >= 0.3 is 0 Å². The van der Waals surface area contributed by atoms with Gasteiger partial charge in [0.2, 0.25) is 10.0 Å². The summed E-state index contributed by atoms with van der Waals surface area (Å²) in [5.41, 5.74) is 2.16. The van der Waals surface area contributed by atoms with Gasteiger partial charge < -0.3 is 0 Å². The fourth-order valence-corrected chi connectivity index (χ4v) is 4.94. The maximum atomic E-state index is 13.1. The molecule has 1 aliphatic rings. The second-order valence-corrected chi connectivity index (χ2v) is 8.33. The van der Waals surface area contributed by atoms with Gasteiger partial charge in [0.05, 0.1) is 10.6 Å². The molecule has 0 aliphatic carbocycles. The van der Waals surface area contributed by atoms with E-state index in [9.17, 15) is 12.8 Å². The first kappa shape index (κ1) is 17.0. The Kier molecular flexibility index (Phi) is 4.20. The first-order valence-electron chi connectivity index (χ1n) is 8.36. The maximum Gasteiger partial charge on any atom is 0.243 e. The SMILES string of the molecule is Cn1nc([C@@H]2CCCN(S(=O)(=O)c3ccc(F)cc3)C2)c2nccnc21. The number of aryl methyl sites for hydroxylation is 1. The number of rotatable bonds is 3. The summed E-state index contributed by atoms with van der Waals surface area (Å²) in [4.78, 5) is 8.77. The molecule has 0 spiro atoms. The third-order valence-corrected chi connectivity index (χ3v) is 6.59. The molecule has 0 N–H and O–H groups in total. The second kappa shape index (κ2) is 6.40. The summed E-state index contributed by atoms with van der Waals surface area (Å²) in [5.74, 6) is -0.515. The minimum atomic E-state index is -3.67. The number of piperidine rings is 1. The summed E-state index contributed by atoms with van der Waals surface area (Å²) in [5, 5.41) is 4.53. The van der Waals surface area contributed by atoms with Gasteiger partial charge in [0.1, 0.15) is 11.3 Å². The van der Waals surface area contributed by atoms with Crippen molar-refractivity contribution in [3.63, 3.8) is 0 Å². The van der Waals surface area contributed by atoms with Crippen LogP contribution in [0.25, 0.3) is 11.2 Å². The molecule has 0 bridgehead atoms. The van der Waals surface area contributed by atoms with Crippen molar-refractivity contribution in [2.24, 2.45) is 7.05 Å². The molecule has 1 saturated heterocycles. The molecule has 0 unspecified atom stereocenters. The average molecular weight is 375 g/mol. The van der Waals surface area contributed by atoms with E-state index in [1.165, 1.54) is 16.4 Å². The minimum absolute atomic E-state index is 0.0561. The Hall–Kier alpha value is -2.39. The highest BCUT2D eigenvalue weighted by molar-refractivity contribution is 7.89. The molecule has 1 atom stereocenters. The second-order valence-electron chi connectivity index (χ2n) is 6.39. The Bertz CT molecular complexity index is 1050. The number of aromatic nitrogens is 4. The number of fused-ring (bicyclic) bond motifs is 1. The lowest BCUT2D eigenvalue weighted by molar-refractivity contribution is 0.312. The van der Waals surface area contributed by atoms with Gasteiger partial charge in [0.15, 0.2) is 5.65 Å². The van der Waals surface area contributed by atoms with E-state index in [0.717, 1.165) is 30.7 Å². The van der Waals surface area contributed by atoms with Crippen molar-refractivity contribution in [1.82, 2.24) is 24.1 Å². The largest absolute Gasteiger partial charge is 0.249 e. The lowest BCUT2D eigenvalue weighted by Crippen LogP contribution is -2.39. The first-order chi connectivity index (χ1) is 12.5. The van der Waals surface area contributed by atoms with Crippen LogP contribution in [-0.4, -0.2) is 45.6 Å². The van der Waals surface area contributed by atoms with E-state index < -0.39 is 15.8 Å². The third kappa shape index (κ3) is 2.86. The molecule has 9 heteroatoms. The van der Waals surface area contributed by atoms with Crippen molar-refractivity contribution in [3.8, 4) is 0 Å². The van der Waals surface area contributed by atoms with Crippen molar-refractivity contribution in [3.05, 3.63) is 48.2 Å². The topological polar surface area (TPSA) is 81.0 Å². The van der Waals surface area contributed by atoms with Crippen molar-refractivity contribution >= 4 is 21.2 Å². The summed E-state index contributed by atoms with van der Waals surface area (Å²) in [6, 6.07) is 4.93. The van der Waals surface area contributed by atoms with Crippen molar-refractivity contribution < 1.29 is 12.8 Å². The molecule has 0 radical (unpaired) electrons. The quantitative estimate of drug-likeness (QED) is 0.700. The molecular formula is C17H18FN5O2S. The maximum absolute atomic E-state index is 13.1. The highest BCUT2D eigenvalue weighted by Crippen LogP contribution is 2.32. The van der Waals surface area contributed by atoms with Crippen LogP contribution in [0.4, 0.5) is 4.39 Å². The summed E-state index contributed by atoms with van der Waals surface area (Å²) in [6.07, 6.45) is 4.78. The predicted molar refractivity (Wildman–Crippen MR) is 93.4 cm³/mol. The van der Waals surface area contributed by atoms with Gasteiger partial charge in [-0.25, -0.2) is 27.5 Å². The standard InChI is InChI=1S/C17H18FN5O2S/c1-22-17-16(19-8-9-20-17)15(21-22)12-3-2-10-23(11-12)26(24,25)14-6-4-13(18)5-7-14/h4-9,12H,2-3,10-11H2,1H3/t12-/m1/s1.